The standard InChI is InChI=1S/C12H16ClNO4/c1-7(15)14-5-4-11(17)12(18)9-6-8(16)2-3-10(9)13/h2-3,6,11-12,16-18H,4-5H2,1H3,(H,14,15). The predicted molar refractivity (Wildman–Crippen MR) is 67.4 cm³/mol. The number of amides is 1. The van der Waals surface area contributed by atoms with Crippen molar-refractivity contribution in [3.63, 3.8) is 0 Å². The minimum Gasteiger partial charge on any atom is -0.508 e. The Balaban J connectivity index is 2.64. The molecule has 0 spiro atoms. The van der Waals surface area contributed by atoms with Gasteiger partial charge in [-0.05, 0) is 24.6 Å². The Hall–Kier alpha value is -1.30. The molecule has 0 aliphatic heterocycles. The minimum atomic E-state index is -1.21. The third-order valence-electron chi connectivity index (χ3n) is 2.48. The van der Waals surface area contributed by atoms with Crippen LogP contribution in [0.3, 0.4) is 0 Å². The molecule has 0 bridgehead atoms. The molecule has 5 nitrogen and oxygen atoms in total. The van der Waals surface area contributed by atoms with Crippen LogP contribution in [0.1, 0.15) is 25.0 Å². The number of aliphatic hydroxyl groups excluding tert-OH is 2. The summed E-state index contributed by atoms with van der Waals surface area (Å²) < 4.78 is 0. The number of rotatable bonds is 5. The highest BCUT2D eigenvalue weighted by Crippen LogP contribution is 2.29. The summed E-state index contributed by atoms with van der Waals surface area (Å²) in [6.07, 6.45) is -2.10. The molecule has 0 fully saturated rings. The normalized spacial score (nSPS) is 14.0. The molecule has 1 rings (SSSR count). The highest BCUT2D eigenvalue weighted by molar-refractivity contribution is 6.31. The molecule has 2 unspecified atom stereocenters. The summed E-state index contributed by atoms with van der Waals surface area (Å²) in [6, 6.07) is 4.13. The maximum Gasteiger partial charge on any atom is 0.216 e. The van der Waals surface area contributed by atoms with Gasteiger partial charge in [0.25, 0.3) is 0 Å². The lowest BCUT2D eigenvalue weighted by Crippen LogP contribution is -2.27. The van der Waals surface area contributed by atoms with Crippen molar-refractivity contribution in [2.45, 2.75) is 25.6 Å². The van der Waals surface area contributed by atoms with Crippen molar-refractivity contribution >= 4 is 17.5 Å². The van der Waals surface area contributed by atoms with Gasteiger partial charge < -0.3 is 20.6 Å². The average molecular weight is 274 g/mol. The molecule has 0 aliphatic rings. The van der Waals surface area contributed by atoms with Crippen molar-refractivity contribution < 1.29 is 20.1 Å². The van der Waals surface area contributed by atoms with E-state index in [4.69, 9.17) is 11.6 Å². The summed E-state index contributed by atoms with van der Waals surface area (Å²) >= 11 is 5.87. The maximum absolute atomic E-state index is 10.7. The summed E-state index contributed by atoms with van der Waals surface area (Å²) in [4.78, 5) is 10.7. The van der Waals surface area contributed by atoms with Crippen LogP contribution < -0.4 is 5.32 Å². The maximum atomic E-state index is 10.7. The lowest BCUT2D eigenvalue weighted by atomic mass is 10.0. The number of carbonyl (C=O) groups is 1. The van der Waals surface area contributed by atoms with Crippen molar-refractivity contribution in [1.82, 2.24) is 5.32 Å². The fourth-order valence-electron chi connectivity index (χ4n) is 1.52. The number of benzene rings is 1. The number of carbonyl (C=O) groups excluding carboxylic acids is 1. The summed E-state index contributed by atoms with van der Waals surface area (Å²) in [5, 5.41) is 31.7. The van der Waals surface area contributed by atoms with E-state index in [-0.39, 0.29) is 35.2 Å². The topological polar surface area (TPSA) is 89.8 Å². The summed E-state index contributed by atoms with van der Waals surface area (Å²) in [6.45, 7) is 1.62. The smallest absolute Gasteiger partial charge is 0.216 e. The van der Waals surface area contributed by atoms with Gasteiger partial charge in [0.15, 0.2) is 0 Å². The number of phenols is 1. The van der Waals surface area contributed by atoms with Crippen LogP contribution in [0.15, 0.2) is 18.2 Å². The van der Waals surface area contributed by atoms with E-state index in [0.717, 1.165) is 0 Å². The molecule has 6 heteroatoms. The largest absolute Gasteiger partial charge is 0.508 e. The van der Waals surface area contributed by atoms with Crippen LogP contribution in [0.2, 0.25) is 5.02 Å². The van der Waals surface area contributed by atoms with E-state index in [1.54, 1.807) is 0 Å². The molecular weight excluding hydrogens is 258 g/mol. The van der Waals surface area contributed by atoms with E-state index < -0.39 is 12.2 Å². The minimum absolute atomic E-state index is 0.0393. The number of aromatic hydroxyl groups is 1. The second-order valence-corrected chi connectivity index (χ2v) is 4.40. The second-order valence-electron chi connectivity index (χ2n) is 3.99. The van der Waals surface area contributed by atoms with Crippen LogP contribution >= 0.6 is 11.6 Å². The highest BCUT2D eigenvalue weighted by atomic mass is 35.5. The van der Waals surface area contributed by atoms with Crippen LogP contribution in [-0.4, -0.2) is 33.9 Å². The van der Waals surface area contributed by atoms with Gasteiger partial charge in [0.1, 0.15) is 11.9 Å². The van der Waals surface area contributed by atoms with E-state index in [1.165, 1.54) is 25.1 Å². The Morgan fingerprint density at radius 1 is 1.44 bits per heavy atom. The molecule has 0 aliphatic carbocycles. The molecule has 0 saturated heterocycles. The molecule has 0 radical (unpaired) electrons. The van der Waals surface area contributed by atoms with Crippen molar-refractivity contribution in [2.24, 2.45) is 0 Å². The van der Waals surface area contributed by atoms with Gasteiger partial charge in [-0.25, -0.2) is 0 Å². The lowest BCUT2D eigenvalue weighted by Gasteiger charge is -2.19. The molecular formula is C12H16ClNO4. The van der Waals surface area contributed by atoms with E-state index in [0.29, 0.717) is 0 Å². The Kier molecular flexibility index (Phi) is 5.40. The van der Waals surface area contributed by atoms with Crippen LogP contribution in [-0.2, 0) is 4.79 Å². The first kappa shape index (κ1) is 14.8. The number of phenolic OH excluding ortho intramolecular Hbond substituents is 1. The lowest BCUT2D eigenvalue weighted by molar-refractivity contribution is -0.119. The molecule has 0 saturated carbocycles. The zero-order chi connectivity index (χ0) is 13.7. The fraction of sp³-hybridized carbons (Fsp3) is 0.417. The van der Waals surface area contributed by atoms with Crippen LogP contribution in [0.25, 0.3) is 0 Å². The third-order valence-corrected chi connectivity index (χ3v) is 2.82. The van der Waals surface area contributed by atoms with Crippen molar-refractivity contribution in [2.75, 3.05) is 6.54 Å². The summed E-state index contributed by atoms with van der Waals surface area (Å²) in [7, 11) is 0. The Labute approximate surface area is 110 Å². The number of nitrogens with one attached hydrogen (secondary N) is 1. The van der Waals surface area contributed by atoms with Crippen LogP contribution in [0.5, 0.6) is 5.75 Å². The monoisotopic (exact) mass is 273 g/mol. The predicted octanol–water partition coefficient (Wildman–Crippen LogP) is 0.966. The Morgan fingerprint density at radius 3 is 2.72 bits per heavy atom. The third kappa shape index (κ3) is 4.18. The van der Waals surface area contributed by atoms with Crippen LogP contribution in [0, 0.1) is 0 Å². The molecule has 4 N–H and O–H groups in total. The van der Waals surface area contributed by atoms with Gasteiger partial charge in [-0.1, -0.05) is 11.6 Å². The highest BCUT2D eigenvalue weighted by Gasteiger charge is 2.21. The molecule has 2 atom stereocenters. The number of hydrogen-bond acceptors (Lipinski definition) is 4. The molecule has 1 aromatic carbocycles. The van der Waals surface area contributed by atoms with E-state index in [2.05, 4.69) is 5.32 Å². The first-order valence-corrected chi connectivity index (χ1v) is 5.88. The van der Waals surface area contributed by atoms with E-state index in [1.807, 2.05) is 0 Å². The van der Waals surface area contributed by atoms with Crippen LogP contribution in [0.4, 0.5) is 0 Å². The summed E-state index contributed by atoms with van der Waals surface area (Å²) in [5.74, 6) is -0.241. The first-order chi connectivity index (χ1) is 8.41. The molecule has 100 valence electrons. The number of halogens is 1. The molecule has 0 heterocycles. The molecule has 1 aromatic rings. The van der Waals surface area contributed by atoms with Gasteiger partial charge in [-0.3, -0.25) is 4.79 Å². The molecule has 1 amide bonds. The SMILES string of the molecule is CC(=O)NCCC(O)C(O)c1cc(O)ccc1Cl. The quantitative estimate of drug-likeness (QED) is 0.643. The van der Waals surface area contributed by atoms with Gasteiger partial charge in [-0.15, -0.1) is 0 Å². The van der Waals surface area contributed by atoms with Crippen molar-refractivity contribution in [1.29, 1.82) is 0 Å². The molecule has 18 heavy (non-hydrogen) atoms. The summed E-state index contributed by atoms with van der Waals surface area (Å²) in [5.41, 5.74) is 0.256. The van der Waals surface area contributed by atoms with Crippen molar-refractivity contribution in [3.05, 3.63) is 28.8 Å². The zero-order valence-corrected chi connectivity index (χ0v) is 10.7. The Bertz CT molecular complexity index is 425. The van der Waals surface area contributed by atoms with E-state index >= 15 is 0 Å². The van der Waals surface area contributed by atoms with Gasteiger partial charge in [0.2, 0.25) is 5.91 Å². The second kappa shape index (κ2) is 6.58. The zero-order valence-electron chi connectivity index (χ0n) is 9.93. The van der Waals surface area contributed by atoms with Gasteiger partial charge in [0.05, 0.1) is 6.10 Å². The number of aliphatic hydroxyl groups is 2. The average Bonchev–Trinajstić information content (AvgIpc) is 2.30. The van der Waals surface area contributed by atoms with Crippen molar-refractivity contribution in [3.8, 4) is 5.75 Å². The fourth-order valence-corrected chi connectivity index (χ4v) is 1.75. The van der Waals surface area contributed by atoms with Gasteiger partial charge in [0, 0.05) is 24.1 Å². The van der Waals surface area contributed by atoms with Gasteiger partial charge in [-0.2, -0.15) is 0 Å². The Morgan fingerprint density at radius 2 is 2.11 bits per heavy atom. The molecule has 0 aromatic heterocycles. The number of hydrogen-bond donors (Lipinski definition) is 4. The van der Waals surface area contributed by atoms with E-state index in [9.17, 15) is 20.1 Å². The first-order valence-electron chi connectivity index (χ1n) is 5.50. The van der Waals surface area contributed by atoms with Gasteiger partial charge >= 0.3 is 0 Å².